The van der Waals surface area contributed by atoms with E-state index >= 15 is 0 Å². The molecule has 1 aromatic carbocycles. The summed E-state index contributed by atoms with van der Waals surface area (Å²) in [5, 5.41) is 1.14. The molecule has 2 aromatic heterocycles. The molecule has 86 valence electrons. The number of ether oxygens (including phenoxy) is 1. The van der Waals surface area contributed by atoms with E-state index in [1.807, 2.05) is 38.1 Å². The molecule has 0 amide bonds. The summed E-state index contributed by atoms with van der Waals surface area (Å²) in [5.41, 5.74) is 3.12. The third kappa shape index (κ3) is 1.73. The molecule has 0 aliphatic rings. The lowest BCUT2D eigenvalue weighted by Gasteiger charge is -2.07. The Bertz CT molecular complexity index is 670. The summed E-state index contributed by atoms with van der Waals surface area (Å²) < 4.78 is 5.62. The average Bonchev–Trinajstić information content (AvgIpc) is 2.66. The SMILES string of the molecule is CC(C)Oc1ccc2[nH]c3ccccc3c2n1. The Morgan fingerprint density at radius 3 is 2.71 bits per heavy atom. The number of aromatic amines is 1. The van der Waals surface area contributed by atoms with E-state index in [9.17, 15) is 0 Å². The van der Waals surface area contributed by atoms with Crippen molar-refractivity contribution >= 4 is 21.9 Å². The highest BCUT2D eigenvalue weighted by atomic mass is 16.5. The lowest BCUT2D eigenvalue weighted by molar-refractivity contribution is 0.233. The number of H-pyrrole nitrogens is 1. The van der Waals surface area contributed by atoms with Crippen molar-refractivity contribution in [3.8, 4) is 5.88 Å². The van der Waals surface area contributed by atoms with Crippen molar-refractivity contribution in [1.29, 1.82) is 0 Å². The van der Waals surface area contributed by atoms with Crippen LogP contribution in [-0.2, 0) is 0 Å². The second-order valence-electron chi connectivity index (χ2n) is 4.38. The molecule has 0 atom stereocenters. The van der Waals surface area contributed by atoms with E-state index in [0.29, 0.717) is 5.88 Å². The first-order chi connectivity index (χ1) is 8.24. The van der Waals surface area contributed by atoms with E-state index in [0.717, 1.165) is 21.9 Å². The first kappa shape index (κ1) is 10.1. The van der Waals surface area contributed by atoms with Crippen LogP contribution in [0.5, 0.6) is 5.88 Å². The van der Waals surface area contributed by atoms with Crippen molar-refractivity contribution in [3.63, 3.8) is 0 Å². The van der Waals surface area contributed by atoms with E-state index in [2.05, 4.69) is 22.1 Å². The first-order valence-electron chi connectivity index (χ1n) is 5.78. The monoisotopic (exact) mass is 226 g/mol. The van der Waals surface area contributed by atoms with Crippen LogP contribution in [0.15, 0.2) is 36.4 Å². The van der Waals surface area contributed by atoms with Gasteiger partial charge < -0.3 is 9.72 Å². The predicted molar refractivity (Wildman–Crippen MR) is 69.4 cm³/mol. The fourth-order valence-corrected chi connectivity index (χ4v) is 2.00. The normalized spacial score (nSPS) is 11.5. The van der Waals surface area contributed by atoms with Gasteiger partial charge in [0, 0.05) is 17.0 Å². The zero-order valence-electron chi connectivity index (χ0n) is 9.90. The molecule has 0 saturated heterocycles. The lowest BCUT2D eigenvalue weighted by Crippen LogP contribution is -2.06. The van der Waals surface area contributed by atoms with Crippen molar-refractivity contribution in [1.82, 2.24) is 9.97 Å². The third-order valence-corrected chi connectivity index (χ3v) is 2.68. The molecule has 0 saturated carbocycles. The molecule has 3 nitrogen and oxygen atoms in total. The largest absolute Gasteiger partial charge is 0.475 e. The van der Waals surface area contributed by atoms with E-state index in [1.165, 1.54) is 0 Å². The Kier molecular flexibility index (Phi) is 2.25. The van der Waals surface area contributed by atoms with Crippen LogP contribution < -0.4 is 4.74 Å². The van der Waals surface area contributed by atoms with Crippen LogP contribution in [-0.4, -0.2) is 16.1 Å². The fourth-order valence-electron chi connectivity index (χ4n) is 2.00. The number of fused-ring (bicyclic) bond motifs is 3. The van der Waals surface area contributed by atoms with Gasteiger partial charge in [0.1, 0.15) is 0 Å². The number of para-hydroxylation sites is 1. The standard InChI is InChI=1S/C14H14N2O/c1-9(2)17-13-8-7-12-14(16-13)10-5-3-4-6-11(10)15-12/h3-9,15H,1-2H3. The number of pyridine rings is 1. The molecule has 0 fully saturated rings. The van der Waals surface area contributed by atoms with Crippen LogP contribution in [0.1, 0.15) is 13.8 Å². The van der Waals surface area contributed by atoms with E-state index in [-0.39, 0.29) is 6.10 Å². The van der Waals surface area contributed by atoms with Crippen LogP contribution in [0.4, 0.5) is 0 Å². The Hall–Kier alpha value is -2.03. The molecule has 3 heteroatoms. The van der Waals surface area contributed by atoms with Crippen LogP contribution in [0, 0.1) is 0 Å². The summed E-state index contributed by atoms with van der Waals surface area (Å²) in [6.45, 7) is 4.00. The molecular weight excluding hydrogens is 212 g/mol. The number of benzene rings is 1. The van der Waals surface area contributed by atoms with E-state index < -0.39 is 0 Å². The number of hydrogen-bond donors (Lipinski definition) is 1. The van der Waals surface area contributed by atoms with Gasteiger partial charge in [-0.25, -0.2) is 4.98 Å². The maximum Gasteiger partial charge on any atom is 0.214 e. The van der Waals surface area contributed by atoms with Gasteiger partial charge >= 0.3 is 0 Å². The van der Waals surface area contributed by atoms with Crippen LogP contribution in [0.2, 0.25) is 0 Å². The van der Waals surface area contributed by atoms with Crippen molar-refractivity contribution in [2.24, 2.45) is 0 Å². The van der Waals surface area contributed by atoms with Crippen molar-refractivity contribution in [3.05, 3.63) is 36.4 Å². The molecule has 3 aromatic rings. The highest BCUT2D eigenvalue weighted by molar-refractivity contribution is 6.04. The Balaban J connectivity index is 2.23. The Labute approximate surface area is 99.4 Å². The first-order valence-corrected chi connectivity index (χ1v) is 5.78. The molecule has 17 heavy (non-hydrogen) atoms. The van der Waals surface area contributed by atoms with E-state index in [4.69, 9.17) is 4.74 Å². The minimum absolute atomic E-state index is 0.144. The van der Waals surface area contributed by atoms with Crippen LogP contribution in [0.25, 0.3) is 21.9 Å². The molecular formula is C14H14N2O. The van der Waals surface area contributed by atoms with Gasteiger partial charge in [0.25, 0.3) is 0 Å². The van der Waals surface area contributed by atoms with Gasteiger partial charge in [-0.2, -0.15) is 0 Å². The second kappa shape index (κ2) is 3.77. The van der Waals surface area contributed by atoms with Crippen LogP contribution in [0.3, 0.4) is 0 Å². The van der Waals surface area contributed by atoms with Gasteiger partial charge in [-0.3, -0.25) is 0 Å². The number of nitrogens with one attached hydrogen (secondary N) is 1. The molecule has 1 N–H and O–H groups in total. The topological polar surface area (TPSA) is 37.9 Å². The molecule has 3 rings (SSSR count). The van der Waals surface area contributed by atoms with Crippen molar-refractivity contribution < 1.29 is 4.74 Å². The average molecular weight is 226 g/mol. The summed E-state index contributed by atoms with van der Waals surface area (Å²) in [4.78, 5) is 7.89. The van der Waals surface area contributed by atoms with Gasteiger partial charge in [-0.05, 0) is 26.0 Å². The molecule has 0 spiro atoms. The van der Waals surface area contributed by atoms with Crippen molar-refractivity contribution in [2.45, 2.75) is 20.0 Å². The summed E-state index contributed by atoms with van der Waals surface area (Å²) in [6.07, 6.45) is 0.144. The maximum absolute atomic E-state index is 5.62. The zero-order valence-corrected chi connectivity index (χ0v) is 9.90. The zero-order chi connectivity index (χ0) is 11.8. The van der Waals surface area contributed by atoms with E-state index in [1.54, 1.807) is 0 Å². The number of aromatic nitrogens is 2. The maximum atomic E-state index is 5.62. The number of rotatable bonds is 2. The molecule has 0 unspecified atom stereocenters. The quantitative estimate of drug-likeness (QED) is 0.726. The highest BCUT2D eigenvalue weighted by Crippen LogP contribution is 2.25. The van der Waals surface area contributed by atoms with Crippen LogP contribution >= 0.6 is 0 Å². The molecule has 0 bridgehead atoms. The third-order valence-electron chi connectivity index (χ3n) is 2.68. The molecule has 0 radical (unpaired) electrons. The number of hydrogen-bond acceptors (Lipinski definition) is 2. The molecule has 2 heterocycles. The predicted octanol–water partition coefficient (Wildman–Crippen LogP) is 3.50. The summed E-state index contributed by atoms with van der Waals surface area (Å²) in [6, 6.07) is 12.1. The van der Waals surface area contributed by atoms with Gasteiger partial charge in [0.05, 0.1) is 17.1 Å². The summed E-state index contributed by atoms with van der Waals surface area (Å²) in [5.74, 6) is 0.678. The highest BCUT2D eigenvalue weighted by Gasteiger charge is 2.07. The Morgan fingerprint density at radius 1 is 1.06 bits per heavy atom. The smallest absolute Gasteiger partial charge is 0.214 e. The second-order valence-corrected chi connectivity index (χ2v) is 4.38. The minimum atomic E-state index is 0.144. The molecule has 0 aliphatic heterocycles. The lowest BCUT2D eigenvalue weighted by atomic mass is 10.2. The Morgan fingerprint density at radius 2 is 1.88 bits per heavy atom. The van der Waals surface area contributed by atoms with Crippen molar-refractivity contribution in [2.75, 3.05) is 0 Å². The summed E-state index contributed by atoms with van der Waals surface area (Å²) >= 11 is 0. The van der Waals surface area contributed by atoms with Gasteiger partial charge in [0.2, 0.25) is 5.88 Å². The number of nitrogens with zero attached hydrogens (tertiary/aromatic N) is 1. The fraction of sp³-hybridized carbons (Fsp3) is 0.214. The summed E-state index contributed by atoms with van der Waals surface area (Å²) in [7, 11) is 0. The molecule has 0 aliphatic carbocycles. The van der Waals surface area contributed by atoms with Gasteiger partial charge in [-0.15, -0.1) is 0 Å². The van der Waals surface area contributed by atoms with Gasteiger partial charge in [-0.1, -0.05) is 18.2 Å². The minimum Gasteiger partial charge on any atom is -0.475 e. The van der Waals surface area contributed by atoms with Gasteiger partial charge in [0.15, 0.2) is 0 Å².